The van der Waals surface area contributed by atoms with Crippen LogP contribution in [0.15, 0.2) is 0 Å². The molecule has 0 aliphatic carbocycles. The number of hydrogen-bond donors (Lipinski definition) is 1. The Morgan fingerprint density at radius 2 is 2.20 bits per heavy atom. The maximum Gasteiger partial charge on any atom is 0.0960 e. The van der Waals surface area contributed by atoms with Crippen LogP contribution in [0.1, 0.15) is 26.2 Å². The first-order chi connectivity index (χ1) is 7.34. The van der Waals surface area contributed by atoms with Crippen LogP contribution in [0.25, 0.3) is 0 Å². The second-order valence-electron chi connectivity index (χ2n) is 3.90. The molecule has 1 saturated heterocycles. The summed E-state index contributed by atoms with van der Waals surface area (Å²) in [6.07, 6.45) is 3.23. The molecule has 1 rings (SSSR count). The van der Waals surface area contributed by atoms with Crippen molar-refractivity contribution >= 4 is 0 Å². The monoisotopic (exact) mass is 217 g/mol. The lowest BCUT2D eigenvalue weighted by molar-refractivity contribution is -0.0744. The minimum Gasteiger partial charge on any atom is -0.379 e. The molecule has 1 fully saturated rings. The van der Waals surface area contributed by atoms with E-state index in [2.05, 4.69) is 6.92 Å². The van der Waals surface area contributed by atoms with E-state index in [1.54, 1.807) is 0 Å². The molecule has 1 aliphatic rings. The smallest absolute Gasteiger partial charge is 0.0960 e. The molecule has 0 spiro atoms. The lowest BCUT2D eigenvalue weighted by atomic mass is 10.1. The van der Waals surface area contributed by atoms with Gasteiger partial charge in [-0.3, -0.25) is 0 Å². The summed E-state index contributed by atoms with van der Waals surface area (Å²) in [6.45, 7) is 5.63. The summed E-state index contributed by atoms with van der Waals surface area (Å²) in [6, 6.07) is 0.120. The van der Waals surface area contributed by atoms with Crippen molar-refractivity contribution in [2.75, 3.05) is 33.0 Å². The van der Waals surface area contributed by atoms with Crippen molar-refractivity contribution in [2.24, 2.45) is 5.73 Å². The lowest BCUT2D eigenvalue weighted by Gasteiger charge is -2.28. The summed E-state index contributed by atoms with van der Waals surface area (Å²) in [5.41, 5.74) is 5.90. The predicted octanol–water partition coefficient (Wildman–Crippen LogP) is 0.936. The average molecular weight is 217 g/mol. The maximum absolute atomic E-state index is 5.90. The third kappa shape index (κ3) is 5.47. The zero-order chi connectivity index (χ0) is 10.9. The molecule has 1 heterocycles. The summed E-state index contributed by atoms with van der Waals surface area (Å²) in [4.78, 5) is 0. The van der Waals surface area contributed by atoms with Gasteiger partial charge in [-0.05, 0) is 12.8 Å². The summed E-state index contributed by atoms with van der Waals surface area (Å²) in [7, 11) is 0. The van der Waals surface area contributed by atoms with Crippen LogP contribution >= 0.6 is 0 Å². The summed E-state index contributed by atoms with van der Waals surface area (Å²) < 4.78 is 16.3. The quantitative estimate of drug-likeness (QED) is 0.645. The molecule has 0 bridgehead atoms. The molecule has 2 N–H and O–H groups in total. The minimum atomic E-state index is 0.0496. The van der Waals surface area contributed by atoms with E-state index < -0.39 is 0 Å². The Balaban J connectivity index is 1.94. The van der Waals surface area contributed by atoms with Gasteiger partial charge in [0, 0.05) is 19.3 Å². The molecular weight excluding hydrogens is 194 g/mol. The Kier molecular flexibility index (Phi) is 6.92. The SMILES string of the molecule is CCCCOCCOC1COCCC1N. The van der Waals surface area contributed by atoms with Crippen molar-refractivity contribution < 1.29 is 14.2 Å². The third-order valence-corrected chi connectivity index (χ3v) is 2.56. The molecular formula is C11H23NO3. The second kappa shape index (κ2) is 8.05. The first kappa shape index (κ1) is 12.9. The number of ether oxygens (including phenoxy) is 3. The molecule has 1 aliphatic heterocycles. The van der Waals surface area contributed by atoms with Crippen LogP contribution in [0.3, 0.4) is 0 Å². The Labute approximate surface area is 92.1 Å². The number of hydrogen-bond acceptors (Lipinski definition) is 4. The highest BCUT2D eigenvalue weighted by Gasteiger charge is 2.22. The molecule has 2 unspecified atom stereocenters. The Morgan fingerprint density at radius 1 is 1.33 bits per heavy atom. The zero-order valence-electron chi connectivity index (χ0n) is 9.61. The summed E-state index contributed by atoms with van der Waals surface area (Å²) >= 11 is 0. The molecule has 4 heteroatoms. The molecule has 0 aromatic carbocycles. The fraction of sp³-hybridized carbons (Fsp3) is 1.00. The van der Waals surface area contributed by atoms with Gasteiger partial charge >= 0.3 is 0 Å². The van der Waals surface area contributed by atoms with Crippen LogP contribution < -0.4 is 5.73 Å². The van der Waals surface area contributed by atoms with Crippen molar-refractivity contribution in [2.45, 2.75) is 38.3 Å². The summed E-state index contributed by atoms with van der Waals surface area (Å²) in [5, 5.41) is 0. The van der Waals surface area contributed by atoms with Crippen LogP contribution in [0.4, 0.5) is 0 Å². The topological polar surface area (TPSA) is 53.7 Å². The number of unbranched alkanes of at least 4 members (excludes halogenated alkanes) is 1. The third-order valence-electron chi connectivity index (χ3n) is 2.56. The normalized spacial score (nSPS) is 26.8. The van der Waals surface area contributed by atoms with E-state index in [-0.39, 0.29) is 12.1 Å². The molecule has 0 aromatic rings. The van der Waals surface area contributed by atoms with Crippen LogP contribution in [-0.4, -0.2) is 45.2 Å². The van der Waals surface area contributed by atoms with Crippen molar-refractivity contribution in [3.63, 3.8) is 0 Å². The average Bonchev–Trinajstić information content (AvgIpc) is 2.25. The standard InChI is InChI=1S/C11H23NO3/c1-2-3-5-13-7-8-15-11-9-14-6-4-10(11)12/h10-11H,2-9,12H2,1H3. The van der Waals surface area contributed by atoms with Gasteiger partial charge in [-0.2, -0.15) is 0 Å². The van der Waals surface area contributed by atoms with Crippen molar-refractivity contribution in [3.05, 3.63) is 0 Å². The highest BCUT2D eigenvalue weighted by atomic mass is 16.6. The lowest BCUT2D eigenvalue weighted by Crippen LogP contribution is -2.45. The van der Waals surface area contributed by atoms with Crippen LogP contribution in [0.5, 0.6) is 0 Å². The maximum atomic E-state index is 5.90. The number of rotatable bonds is 7. The van der Waals surface area contributed by atoms with E-state index in [1.165, 1.54) is 6.42 Å². The zero-order valence-corrected chi connectivity index (χ0v) is 9.61. The van der Waals surface area contributed by atoms with Gasteiger partial charge in [-0.25, -0.2) is 0 Å². The van der Waals surface area contributed by atoms with E-state index in [0.717, 1.165) is 26.1 Å². The molecule has 0 aromatic heterocycles. The molecule has 2 atom stereocenters. The van der Waals surface area contributed by atoms with Gasteiger partial charge in [0.2, 0.25) is 0 Å². The number of nitrogens with two attached hydrogens (primary N) is 1. The second-order valence-corrected chi connectivity index (χ2v) is 3.90. The van der Waals surface area contributed by atoms with Gasteiger partial charge in [-0.15, -0.1) is 0 Å². The molecule has 90 valence electrons. The van der Waals surface area contributed by atoms with Gasteiger partial charge in [0.1, 0.15) is 0 Å². The van der Waals surface area contributed by atoms with Gasteiger partial charge in [0.25, 0.3) is 0 Å². The predicted molar refractivity (Wildman–Crippen MR) is 58.9 cm³/mol. The van der Waals surface area contributed by atoms with E-state index >= 15 is 0 Å². The van der Waals surface area contributed by atoms with E-state index in [4.69, 9.17) is 19.9 Å². The van der Waals surface area contributed by atoms with Gasteiger partial charge in [0.05, 0.1) is 25.9 Å². The Bertz CT molecular complexity index is 155. The largest absolute Gasteiger partial charge is 0.379 e. The van der Waals surface area contributed by atoms with E-state index in [1.807, 2.05) is 0 Å². The Morgan fingerprint density at radius 3 is 2.93 bits per heavy atom. The van der Waals surface area contributed by atoms with Gasteiger partial charge < -0.3 is 19.9 Å². The Hall–Kier alpha value is -0.160. The first-order valence-corrected chi connectivity index (χ1v) is 5.87. The van der Waals surface area contributed by atoms with E-state index in [9.17, 15) is 0 Å². The molecule has 0 saturated carbocycles. The highest BCUT2D eigenvalue weighted by Crippen LogP contribution is 2.08. The first-order valence-electron chi connectivity index (χ1n) is 5.87. The molecule has 4 nitrogen and oxygen atoms in total. The fourth-order valence-corrected chi connectivity index (χ4v) is 1.51. The minimum absolute atomic E-state index is 0.0496. The van der Waals surface area contributed by atoms with E-state index in [0.29, 0.717) is 19.8 Å². The van der Waals surface area contributed by atoms with Crippen molar-refractivity contribution in [3.8, 4) is 0 Å². The van der Waals surface area contributed by atoms with Crippen LogP contribution in [-0.2, 0) is 14.2 Å². The van der Waals surface area contributed by atoms with Gasteiger partial charge in [-0.1, -0.05) is 13.3 Å². The van der Waals surface area contributed by atoms with Crippen molar-refractivity contribution in [1.29, 1.82) is 0 Å². The van der Waals surface area contributed by atoms with Crippen LogP contribution in [0, 0.1) is 0 Å². The molecule has 0 radical (unpaired) electrons. The van der Waals surface area contributed by atoms with Crippen molar-refractivity contribution in [1.82, 2.24) is 0 Å². The van der Waals surface area contributed by atoms with Crippen LogP contribution in [0.2, 0.25) is 0 Å². The molecule has 15 heavy (non-hydrogen) atoms. The molecule has 0 amide bonds. The highest BCUT2D eigenvalue weighted by molar-refractivity contribution is 4.76. The summed E-state index contributed by atoms with van der Waals surface area (Å²) in [5.74, 6) is 0. The van der Waals surface area contributed by atoms with Gasteiger partial charge in [0.15, 0.2) is 0 Å². The fourth-order valence-electron chi connectivity index (χ4n) is 1.51.